The molecule has 8 nitrogen and oxygen atoms in total. The molecule has 0 spiro atoms. The zero-order valence-corrected chi connectivity index (χ0v) is 11.7. The summed E-state index contributed by atoms with van der Waals surface area (Å²) >= 11 is 0. The van der Waals surface area contributed by atoms with E-state index in [1.165, 1.54) is 14.2 Å². The number of aliphatic carboxylic acids is 1. The van der Waals surface area contributed by atoms with Crippen LogP contribution in [-0.4, -0.2) is 67.4 Å². The summed E-state index contributed by atoms with van der Waals surface area (Å²) in [7, 11) is -1.32. The average molecular weight is 294 g/mol. The van der Waals surface area contributed by atoms with Crippen molar-refractivity contribution in [3.63, 3.8) is 0 Å². The topological polar surface area (TPSA) is 104 Å². The number of nitrogens with zero attached hydrogens (tertiary/aromatic N) is 2. The van der Waals surface area contributed by atoms with Crippen LogP contribution in [0.4, 0.5) is 0 Å². The maximum atomic E-state index is 12.2. The number of ether oxygens (including phenoxy) is 1. The van der Waals surface area contributed by atoms with Crippen LogP contribution in [0.25, 0.3) is 0 Å². The fraction of sp³-hybridized carbons (Fsp3) is 0.800. The molecule has 1 aliphatic rings. The standard InChI is InChI=1S/C10H18N2O6S/c1-11(7-5-9(13)18-2)19(16,17)12-6-3-4-8(12)10(14)15/h8H,3-7H2,1-2H3,(H,14,15)/t8-/m0/s1. The summed E-state index contributed by atoms with van der Waals surface area (Å²) < 4.78 is 30.7. The zero-order valence-electron chi connectivity index (χ0n) is 10.9. The molecule has 0 aromatic carbocycles. The lowest BCUT2D eigenvalue weighted by atomic mass is 10.2. The third-order valence-corrected chi connectivity index (χ3v) is 5.04. The van der Waals surface area contributed by atoms with Gasteiger partial charge in [-0.25, -0.2) is 0 Å². The van der Waals surface area contributed by atoms with Gasteiger partial charge in [-0.15, -0.1) is 0 Å². The molecule has 19 heavy (non-hydrogen) atoms. The van der Waals surface area contributed by atoms with Crippen LogP contribution in [0.5, 0.6) is 0 Å². The van der Waals surface area contributed by atoms with E-state index >= 15 is 0 Å². The number of rotatable bonds is 6. The van der Waals surface area contributed by atoms with Crippen LogP contribution in [-0.2, 0) is 24.5 Å². The van der Waals surface area contributed by atoms with Gasteiger partial charge in [0.25, 0.3) is 10.2 Å². The van der Waals surface area contributed by atoms with Gasteiger partial charge in [0, 0.05) is 20.1 Å². The normalized spacial score (nSPS) is 20.7. The Bertz CT molecular complexity index is 449. The van der Waals surface area contributed by atoms with Crippen molar-refractivity contribution in [3.05, 3.63) is 0 Å². The Labute approximate surface area is 112 Å². The van der Waals surface area contributed by atoms with Crippen LogP contribution in [0, 0.1) is 0 Å². The van der Waals surface area contributed by atoms with Gasteiger partial charge in [0.2, 0.25) is 0 Å². The molecular formula is C10H18N2O6S. The van der Waals surface area contributed by atoms with Crippen molar-refractivity contribution in [3.8, 4) is 0 Å². The van der Waals surface area contributed by atoms with Crippen molar-refractivity contribution >= 4 is 22.1 Å². The smallest absolute Gasteiger partial charge is 0.322 e. The minimum absolute atomic E-state index is 0.0438. The van der Waals surface area contributed by atoms with E-state index in [-0.39, 0.29) is 19.5 Å². The monoisotopic (exact) mass is 294 g/mol. The van der Waals surface area contributed by atoms with E-state index in [1.807, 2.05) is 0 Å². The Hall–Kier alpha value is -1.19. The van der Waals surface area contributed by atoms with Gasteiger partial charge in [-0.1, -0.05) is 0 Å². The van der Waals surface area contributed by atoms with Crippen molar-refractivity contribution in [1.82, 2.24) is 8.61 Å². The van der Waals surface area contributed by atoms with Crippen molar-refractivity contribution in [2.24, 2.45) is 0 Å². The van der Waals surface area contributed by atoms with Crippen LogP contribution in [0.15, 0.2) is 0 Å². The number of methoxy groups -OCH3 is 1. The maximum Gasteiger partial charge on any atom is 0.322 e. The molecule has 0 bridgehead atoms. The second-order valence-corrected chi connectivity index (χ2v) is 6.25. The highest BCUT2D eigenvalue weighted by atomic mass is 32.2. The van der Waals surface area contributed by atoms with Gasteiger partial charge in [0.15, 0.2) is 0 Å². The SMILES string of the molecule is COC(=O)CCN(C)S(=O)(=O)N1CCC[C@H]1C(=O)O. The highest BCUT2D eigenvalue weighted by molar-refractivity contribution is 7.86. The lowest BCUT2D eigenvalue weighted by Crippen LogP contribution is -2.47. The number of esters is 1. The van der Waals surface area contributed by atoms with Gasteiger partial charge in [-0.05, 0) is 12.8 Å². The number of carboxylic acid groups (broad SMARTS) is 1. The van der Waals surface area contributed by atoms with E-state index in [9.17, 15) is 18.0 Å². The van der Waals surface area contributed by atoms with Crippen LogP contribution >= 0.6 is 0 Å². The summed E-state index contributed by atoms with van der Waals surface area (Å²) in [4.78, 5) is 22.0. The molecule has 0 radical (unpaired) electrons. The molecule has 110 valence electrons. The fourth-order valence-electron chi connectivity index (χ4n) is 1.91. The molecule has 0 saturated carbocycles. The average Bonchev–Trinajstić information content (AvgIpc) is 2.85. The van der Waals surface area contributed by atoms with Crippen molar-refractivity contribution in [2.45, 2.75) is 25.3 Å². The Morgan fingerprint density at radius 2 is 2.11 bits per heavy atom. The molecule has 1 rings (SSSR count). The predicted octanol–water partition coefficient (Wildman–Crippen LogP) is -0.725. The molecular weight excluding hydrogens is 276 g/mol. The van der Waals surface area contributed by atoms with Gasteiger partial charge < -0.3 is 9.84 Å². The van der Waals surface area contributed by atoms with Crippen molar-refractivity contribution in [1.29, 1.82) is 0 Å². The van der Waals surface area contributed by atoms with E-state index < -0.39 is 28.2 Å². The molecule has 0 amide bonds. The molecule has 0 aliphatic carbocycles. The number of hydrogen-bond donors (Lipinski definition) is 1. The quantitative estimate of drug-likeness (QED) is 0.648. The van der Waals surface area contributed by atoms with Crippen molar-refractivity contribution < 1.29 is 27.9 Å². The second-order valence-electron chi connectivity index (χ2n) is 4.26. The van der Waals surface area contributed by atoms with Gasteiger partial charge >= 0.3 is 11.9 Å². The molecule has 1 atom stereocenters. The van der Waals surface area contributed by atoms with E-state index in [4.69, 9.17) is 5.11 Å². The highest BCUT2D eigenvalue weighted by Crippen LogP contribution is 2.22. The molecule has 1 saturated heterocycles. The summed E-state index contributed by atoms with van der Waals surface area (Å²) in [5.74, 6) is -1.67. The first-order valence-electron chi connectivity index (χ1n) is 5.83. The van der Waals surface area contributed by atoms with Crippen LogP contribution in [0.1, 0.15) is 19.3 Å². The van der Waals surface area contributed by atoms with Gasteiger partial charge in [-0.3, -0.25) is 9.59 Å². The first-order valence-corrected chi connectivity index (χ1v) is 7.23. The van der Waals surface area contributed by atoms with E-state index in [2.05, 4.69) is 4.74 Å². The van der Waals surface area contributed by atoms with Gasteiger partial charge in [0.05, 0.1) is 13.5 Å². The van der Waals surface area contributed by atoms with Crippen LogP contribution < -0.4 is 0 Å². The Morgan fingerprint density at radius 1 is 1.47 bits per heavy atom. The lowest BCUT2D eigenvalue weighted by Gasteiger charge is -2.26. The Kier molecular flexibility index (Phi) is 5.27. The molecule has 0 aromatic heterocycles. The Morgan fingerprint density at radius 3 is 2.63 bits per heavy atom. The van der Waals surface area contributed by atoms with E-state index in [0.29, 0.717) is 12.8 Å². The second kappa shape index (κ2) is 6.31. The summed E-state index contributed by atoms with van der Waals surface area (Å²) in [6, 6.07) is -1.02. The minimum Gasteiger partial charge on any atom is -0.480 e. The number of hydrogen-bond acceptors (Lipinski definition) is 5. The highest BCUT2D eigenvalue weighted by Gasteiger charge is 2.40. The molecule has 0 unspecified atom stereocenters. The van der Waals surface area contributed by atoms with Crippen LogP contribution in [0.3, 0.4) is 0 Å². The lowest BCUT2D eigenvalue weighted by molar-refractivity contribution is -0.141. The summed E-state index contributed by atoms with van der Waals surface area (Å²) in [5, 5.41) is 8.99. The Balaban J connectivity index is 2.74. The number of carbonyl (C=O) groups excluding carboxylic acids is 1. The predicted molar refractivity (Wildman–Crippen MR) is 65.5 cm³/mol. The zero-order chi connectivity index (χ0) is 14.6. The summed E-state index contributed by atoms with van der Waals surface area (Å²) in [5.41, 5.74) is 0. The molecule has 1 aliphatic heterocycles. The third kappa shape index (κ3) is 3.64. The largest absolute Gasteiger partial charge is 0.480 e. The summed E-state index contributed by atoms with van der Waals surface area (Å²) in [6.07, 6.45) is 0.748. The van der Waals surface area contributed by atoms with Crippen LogP contribution in [0.2, 0.25) is 0 Å². The summed E-state index contributed by atoms with van der Waals surface area (Å²) in [6.45, 7) is 0.139. The number of carbonyl (C=O) groups is 2. The first kappa shape index (κ1) is 15.9. The third-order valence-electron chi connectivity index (χ3n) is 3.04. The van der Waals surface area contributed by atoms with E-state index in [0.717, 1.165) is 8.61 Å². The van der Waals surface area contributed by atoms with E-state index in [1.54, 1.807) is 0 Å². The molecule has 1 fully saturated rings. The molecule has 0 aromatic rings. The fourth-order valence-corrected chi connectivity index (χ4v) is 3.47. The minimum atomic E-state index is -3.86. The first-order chi connectivity index (χ1) is 8.80. The van der Waals surface area contributed by atoms with Crippen molar-refractivity contribution in [2.75, 3.05) is 27.2 Å². The molecule has 1 heterocycles. The van der Waals surface area contributed by atoms with Gasteiger partial charge in [-0.2, -0.15) is 17.0 Å². The van der Waals surface area contributed by atoms with Gasteiger partial charge in [0.1, 0.15) is 6.04 Å². The molecule has 1 N–H and O–H groups in total. The molecule has 9 heteroatoms. The number of carboxylic acids is 1. The maximum absolute atomic E-state index is 12.2.